The van der Waals surface area contributed by atoms with Crippen molar-refractivity contribution in [3.05, 3.63) is 26.6 Å². The molecule has 6 heteroatoms. The second-order valence-corrected chi connectivity index (χ2v) is 5.65. The number of anilines is 1. The van der Waals surface area contributed by atoms with Crippen LogP contribution in [0, 0.1) is 6.92 Å². The quantitative estimate of drug-likeness (QED) is 0.943. The zero-order valence-corrected chi connectivity index (χ0v) is 12.5. The van der Waals surface area contributed by atoms with Gasteiger partial charge in [-0.05, 0) is 48.7 Å². The molecule has 0 aliphatic heterocycles. The number of pyridine rings is 1. The Morgan fingerprint density at radius 2 is 2.21 bits per heavy atom. The van der Waals surface area contributed by atoms with E-state index in [1.165, 1.54) is 0 Å². The van der Waals surface area contributed by atoms with Crippen LogP contribution in [-0.4, -0.2) is 21.1 Å². The number of hydrogen-bond acceptors (Lipinski definition) is 4. The summed E-state index contributed by atoms with van der Waals surface area (Å²) in [6.45, 7) is 4.70. The van der Waals surface area contributed by atoms with Crippen molar-refractivity contribution in [1.29, 1.82) is 0 Å². The first-order valence-corrected chi connectivity index (χ1v) is 7.24. The third-order valence-electron chi connectivity index (χ3n) is 3.29. The predicted molar refractivity (Wildman–Crippen MR) is 78.7 cm³/mol. The molecule has 2 aromatic heterocycles. The fourth-order valence-corrected chi connectivity index (χ4v) is 2.65. The molecule has 5 nitrogen and oxygen atoms in total. The summed E-state index contributed by atoms with van der Waals surface area (Å²) in [5.74, 6) is 0.587. The van der Waals surface area contributed by atoms with E-state index in [9.17, 15) is 4.79 Å². The van der Waals surface area contributed by atoms with Crippen LogP contribution < -0.4 is 10.9 Å². The number of aryl methyl sites for hydroxylation is 1. The Balaban J connectivity index is 2.35. The van der Waals surface area contributed by atoms with E-state index in [-0.39, 0.29) is 11.6 Å². The summed E-state index contributed by atoms with van der Waals surface area (Å²) in [7, 11) is 0. The first kappa shape index (κ1) is 12.6. The van der Waals surface area contributed by atoms with Gasteiger partial charge in [-0.25, -0.2) is 4.98 Å². The first-order chi connectivity index (χ1) is 9.11. The maximum atomic E-state index is 12.3. The molecule has 2 aromatic rings. The van der Waals surface area contributed by atoms with Crippen LogP contribution in [0.1, 0.15) is 31.5 Å². The molecule has 0 spiro atoms. The van der Waals surface area contributed by atoms with Crippen LogP contribution >= 0.6 is 15.9 Å². The molecule has 100 valence electrons. The minimum absolute atomic E-state index is 0.00412. The molecule has 1 fully saturated rings. The molecule has 0 radical (unpaired) electrons. The minimum atomic E-state index is -0.00412. The van der Waals surface area contributed by atoms with Crippen LogP contribution in [0.4, 0.5) is 5.95 Å². The standard InChI is InChI=1S/C13H15BrN4O/c1-3-15-13-16-7(2)9-6-10(14)12(19)18(8-4-5-8)11(9)17-13/h6,8H,3-5H2,1-2H3,(H,15,16,17). The monoisotopic (exact) mass is 322 g/mol. The molecule has 3 rings (SSSR count). The maximum Gasteiger partial charge on any atom is 0.266 e. The number of nitrogens with one attached hydrogen (secondary N) is 1. The molecule has 1 saturated carbocycles. The molecule has 1 N–H and O–H groups in total. The number of nitrogens with zero attached hydrogens (tertiary/aromatic N) is 3. The Kier molecular flexibility index (Phi) is 3.05. The second-order valence-electron chi connectivity index (χ2n) is 4.80. The van der Waals surface area contributed by atoms with Crippen molar-refractivity contribution in [2.45, 2.75) is 32.7 Å². The van der Waals surface area contributed by atoms with Crippen molar-refractivity contribution in [2.24, 2.45) is 0 Å². The van der Waals surface area contributed by atoms with Gasteiger partial charge in [0.2, 0.25) is 5.95 Å². The normalized spacial score (nSPS) is 14.9. The minimum Gasteiger partial charge on any atom is -0.354 e. The summed E-state index contributed by atoms with van der Waals surface area (Å²) in [5, 5.41) is 4.04. The van der Waals surface area contributed by atoms with Gasteiger partial charge in [0, 0.05) is 18.0 Å². The molecule has 0 aromatic carbocycles. The van der Waals surface area contributed by atoms with Gasteiger partial charge in [-0.3, -0.25) is 9.36 Å². The summed E-state index contributed by atoms with van der Waals surface area (Å²) in [4.78, 5) is 21.2. The van der Waals surface area contributed by atoms with Gasteiger partial charge in [0.05, 0.1) is 10.2 Å². The average Bonchev–Trinajstić information content (AvgIpc) is 3.17. The molecule has 0 unspecified atom stereocenters. The lowest BCUT2D eigenvalue weighted by molar-refractivity contribution is 0.724. The van der Waals surface area contributed by atoms with E-state index in [1.807, 2.05) is 19.9 Å². The van der Waals surface area contributed by atoms with E-state index in [1.54, 1.807) is 4.57 Å². The van der Waals surface area contributed by atoms with Crippen molar-refractivity contribution in [3.8, 4) is 0 Å². The number of rotatable bonds is 3. The summed E-state index contributed by atoms with van der Waals surface area (Å²) in [6.07, 6.45) is 2.09. The third-order valence-corrected chi connectivity index (χ3v) is 3.85. The van der Waals surface area contributed by atoms with Gasteiger partial charge in [-0.1, -0.05) is 0 Å². The molecule has 1 aliphatic rings. The van der Waals surface area contributed by atoms with Crippen LogP contribution in [0.5, 0.6) is 0 Å². The highest BCUT2D eigenvalue weighted by Gasteiger charge is 2.28. The van der Waals surface area contributed by atoms with Gasteiger partial charge in [0.15, 0.2) is 0 Å². The number of halogens is 1. The van der Waals surface area contributed by atoms with Crippen molar-refractivity contribution < 1.29 is 0 Å². The largest absolute Gasteiger partial charge is 0.354 e. The zero-order valence-electron chi connectivity index (χ0n) is 10.9. The van der Waals surface area contributed by atoms with E-state index in [0.717, 1.165) is 36.1 Å². The van der Waals surface area contributed by atoms with Crippen molar-refractivity contribution in [2.75, 3.05) is 11.9 Å². The van der Waals surface area contributed by atoms with Gasteiger partial charge in [0.1, 0.15) is 5.65 Å². The number of hydrogen-bond donors (Lipinski definition) is 1. The fourth-order valence-electron chi connectivity index (χ4n) is 2.23. The van der Waals surface area contributed by atoms with Gasteiger partial charge in [-0.15, -0.1) is 0 Å². The maximum absolute atomic E-state index is 12.3. The average molecular weight is 323 g/mol. The summed E-state index contributed by atoms with van der Waals surface area (Å²) in [5.41, 5.74) is 1.62. The smallest absolute Gasteiger partial charge is 0.266 e. The van der Waals surface area contributed by atoms with Crippen LogP contribution in [0.3, 0.4) is 0 Å². The van der Waals surface area contributed by atoms with Crippen LogP contribution in [0.15, 0.2) is 15.3 Å². The van der Waals surface area contributed by atoms with E-state index >= 15 is 0 Å². The highest BCUT2D eigenvalue weighted by molar-refractivity contribution is 9.10. The fraction of sp³-hybridized carbons (Fsp3) is 0.462. The first-order valence-electron chi connectivity index (χ1n) is 6.45. The van der Waals surface area contributed by atoms with Gasteiger partial charge < -0.3 is 5.32 Å². The highest BCUT2D eigenvalue weighted by Crippen LogP contribution is 2.36. The lowest BCUT2D eigenvalue weighted by Crippen LogP contribution is -2.21. The third kappa shape index (κ3) is 2.14. The van der Waals surface area contributed by atoms with Crippen molar-refractivity contribution in [3.63, 3.8) is 0 Å². The molecule has 0 atom stereocenters. The SMILES string of the molecule is CCNc1nc(C)c2cc(Br)c(=O)n(C3CC3)c2n1. The molecule has 1 aliphatic carbocycles. The van der Waals surface area contributed by atoms with Crippen LogP contribution in [0.25, 0.3) is 11.0 Å². The molecule has 0 amide bonds. The number of fused-ring (bicyclic) bond motifs is 1. The lowest BCUT2D eigenvalue weighted by atomic mass is 10.2. The Labute approximate surface area is 119 Å². The summed E-state index contributed by atoms with van der Waals surface area (Å²) < 4.78 is 2.38. The van der Waals surface area contributed by atoms with Crippen LogP contribution in [-0.2, 0) is 0 Å². The lowest BCUT2D eigenvalue weighted by Gasteiger charge is -2.12. The van der Waals surface area contributed by atoms with Crippen molar-refractivity contribution >= 4 is 32.9 Å². The Morgan fingerprint density at radius 1 is 1.47 bits per heavy atom. The van der Waals surface area contributed by atoms with Crippen molar-refractivity contribution in [1.82, 2.24) is 14.5 Å². The second kappa shape index (κ2) is 4.59. The molecular formula is C13H15BrN4O. The van der Waals surface area contributed by atoms with Gasteiger partial charge >= 0.3 is 0 Å². The van der Waals surface area contributed by atoms with E-state index in [0.29, 0.717) is 10.4 Å². The van der Waals surface area contributed by atoms with Crippen LogP contribution in [0.2, 0.25) is 0 Å². The molecule has 0 saturated heterocycles. The van der Waals surface area contributed by atoms with Gasteiger partial charge in [0.25, 0.3) is 5.56 Å². The van der Waals surface area contributed by atoms with Gasteiger partial charge in [-0.2, -0.15) is 4.98 Å². The molecule has 2 heterocycles. The zero-order chi connectivity index (χ0) is 13.6. The number of aromatic nitrogens is 3. The predicted octanol–water partition coefficient (Wildman–Crippen LogP) is 2.63. The topological polar surface area (TPSA) is 59.8 Å². The molecular weight excluding hydrogens is 308 g/mol. The Bertz CT molecular complexity index is 706. The van der Waals surface area contributed by atoms with E-state index < -0.39 is 0 Å². The van der Waals surface area contributed by atoms with E-state index in [4.69, 9.17) is 0 Å². The van der Waals surface area contributed by atoms with E-state index in [2.05, 4.69) is 31.2 Å². The summed E-state index contributed by atoms with van der Waals surface area (Å²) >= 11 is 3.34. The molecule has 19 heavy (non-hydrogen) atoms. The Morgan fingerprint density at radius 3 is 2.84 bits per heavy atom. The highest BCUT2D eigenvalue weighted by atomic mass is 79.9. The summed E-state index contributed by atoms with van der Waals surface area (Å²) in [6, 6.07) is 2.11. The molecule has 0 bridgehead atoms. The Hall–Kier alpha value is -1.43.